The maximum atomic E-state index is 12.9. The Morgan fingerprint density at radius 2 is 1.92 bits per heavy atom. The summed E-state index contributed by atoms with van der Waals surface area (Å²) in [6, 6.07) is 10.6. The molecule has 2 atom stereocenters. The smallest absolute Gasteiger partial charge is 0.239 e. The second kappa shape index (κ2) is 10.2. The molecule has 2 aliphatic rings. The van der Waals surface area contributed by atoms with Gasteiger partial charge in [-0.1, -0.05) is 30.3 Å². The normalized spacial score (nSPS) is 23.6. The summed E-state index contributed by atoms with van der Waals surface area (Å²) in [6.45, 7) is 4.81. The average molecular weight is 374 g/mol. The molecule has 1 aromatic rings. The Kier molecular flexibility index (Phi) is 9.06. The lowest BCUT2D eigenvalue weighted by Gasteiger charge is -2.28. The highest BCUT2D eigenvalue weighted by atomic mass is 35.5. The Hall–Kier alpha value is -0.810. The van der Waals surface area contributed by atoms with Crippen LogP contribution in [0.1, 0.15) is 24.8 Å². The van der Waals surface area contributed by atoms with Gasteiger partial charge in [0.25, 0.3) is 0 Å². The zero-order chi connectivity index (χ0) is 15.4. The third kappa shape index (κ3) is 5.09. The van der Waals surface area contributed by atoms with E-state index in [2.05, 4.69) is 39.4 Å². The molecule has 2 aliphatic heterocycles. The van der Waals surface area contributed by atoms with Gasteiger partial charge in [-0.25, -0.2) is 0 Å². The van der Waals surface area contributed by atoms with E-state index in [-0.39, 0.29) is 30.9 Å². The molecular formula is C18H29Cl2N3O. The predicted octanol–water partition coefficient (Wildman–Crippen LogP) is 2.56. The lowest BCUT2D eigenvalue weighted by molar-refractivity contribution is -0.135. The Balaban J connectivity index is 0.00000144. The number of benzene rings is 1. The first-order chi connectivity index (χ1) is 10.8. The van der Waals surface area contributed by atoms with Crippen molar-refractivity contribution in [2.45, 2.75) is 31.8 Å². The van der Waals surface area contributed by atoms with Crippen LogP contribution < -0.4 is 5.32 Å². The number of hydrogen-bond donors (Lipinski definition) is 1. The van der Waals surface area contributed by atoms with Gasteiger partial charge in [0.05, 0.1) is 6.04 Å². The van der Waals surface area contributed by atoms with Crippen molar-refractivity contribution >= 4 is 30.7 Å². The van der Waals surface area contributed by atoms with E-state index in [1.807, 2.05) is 13.1 Å². The lowest BCUT2D eigenvalue weighted by Crippen LogP contribution is -2.44. The van der Waals surface area contributed by atoms with Crippen molar-refractivity contribution in [3.8, 4) is 0 Å². The van der Waals surface area contributed by atoms with Gasteiger partial charge in [-0.2, -0.15) is 0 Å². The second-order valence-corrected chi connectivity index (χ2v) is 6.61. The van der Waals surface area contributed by atoms with E-state index in [4.69, 9.17) is 0 Å². The molecule has 2 unspecified atom stereocenters. The van der Waals surface area contributed by atoms with Crippen molar-refractivity contribution in [1.29, 1.82) is 0 Å². The summed E-state index contributed by atoms with van der Waals surface area (Å²) < 4.78 is 0. The molecule has 6 heteroatoms. The monoisotopic (exact) mass is 373 g/mol. The van der Waals surface area contributed by atoms with Crippen LogP contribution in [-0.2, 0) is 11.3 Å². The fourth-order valence-electron chi connectivity index (χ4n) is 3.81. The number of hydrogen-bond acceptors (Lipinski definition) is 3. The molecule has 1 N–H and O–H groups in total. The number of amides is 1. The Morgan fingerprint density at radius 3 is 2.62 bits per heavy atom. The zero-order valence-corrected chi connectivity index (χ0v) is 16.0. The standard InChI is InChI=1S/C18H27N3O.2ClH/c1-19-12-16-9-11-21(14-16)18(22)17-8-5-10-20(17)13-15-6-3-2-4-7-15;;/h2-4,6-7,16-17,19H,5,8-14H2,1H3;2*1H. The molecule has 3 rings (SSSR count). The molecule has 0 radical (unpaired) electrons. The molecular weight excluding hydrogens is 345 g/mol. The molecule has 0 saturated carbocycles. The number of halogens is 2. The second-order valence-electron chi connectivity index (χ2n) is 6.61. The van der Waals surface area contributed by atoms with Crippen molar-refractivity contribution < 1.29 is 4.79 Å². The minimum atomic E-state index is 0. The molecule has 0 spiro atoms. The fraction of sp³-hybridized carbons (Fsp3) is 0.611. The molecule has 24 heavy (non-hydrogen) atoms. The van der Waals surface area contributed by atoms with Crippen molar-refractivity contribution in [1.82, 2.24) is 15.1 Å². The summed E-state index contributed by atoms with van der Waals surface area (Å²) in [4.78, 5) is 17.3. The van der Waals surface area contributed by atoms with Crippen LogP contribution in [0.5, 0.6) is 0 Å². The van der Waals surface area contributed by atoms with Crippen LogP contribution in [0.4, 0.5) is 0 Å². The number of nitrogens with zero attached hydrogens (tertiary/aromatic N) is 2. The van der Waals surface area contributed by atoms with Crippen LogP contribution in [0.3, 0.4) is 0 Å². The zero-order valence-electron chi connectivity index (χ0n) is 14.3. The largest absolute Gasteiger partial charge is 0.341 e. The van der Waals surface area contributed by atoms with Crippen LogP contribution in [0.25, 0.3) is 0 Å². The quantitative estimate of drug-likeness (QED) is 0.861. The van der Waals surface area contributed by atoms with Crippen LogP contribution in [0.2, 0.25) is 0 Å². The van der Waals surface area contributed by atoms with E-state index >= 15 is 0 Å². The summed E-state index contributed by atoms with van der Waals surface area (Å²) in [5, 5.41) is 3.23. The number of rotatable bonds is 5. The molecule has 136 valence electrons. The van der Waals surface area contributed by atoms with Gasteiger partial charge >= 0.3 is 0 Å². The van der Waals surface area contributed by atoms with Crippen molar-refractivity contribution in [2.24, 2.45) is 5.92 Å². The average Bonchev–Trinajstić information content (AvgIpc) is 3.18. The molecule has 2 saturated heterocycles. The van der Waals surface area contributed by atoms with Crippen LogP contribution in [0, 0.1) is 5.92 Å². The Bertz CT molecular complexity index is 500. The van der Waals surface area contributed by atoms with Gasteiger partial charge in [-0.15, -0.1) is 24.8 Å². The van der Waals surface area contributed by atoms with Gasteiger partial charge < -0.3 is 10.2 Å². The summed E-state index contributed by atoms with van der Waals surface area (Å²) >= 11 is 0. The summed E-state index contributed by atoms with van der Waals surface area (Å²) in [5.41, 5.74) is 1.30. The highest BCUT2D eigenvalue weighted by Crippen LogP contribution is 2.24. The Labute approximate surface area is 157 Å². The van der Waals surface area contributed by atoms with E-state index < -0.39 is 0 Å². The van der Waals surface area contributed by atoms with Crippen molar-refractivity contribution in [3.05, 3.63) is 35.9 Å². The Morgan fingerprint density at radius 1 is 1.17 bits per heavy atom. The number of nitrogens with one attached hydrogen (secondary N) is 1. The highest BCUT2D eigenvalue weighted by Gasteiger charge is 2.36. The first-order valence-electron chi connectivity index (χ1n) is 8.49. The molecule has 0 bridgehead atoms. The van der Waals surface area contributed by atoms with E-state index in [1.54, 1.807) is 0 Å². The fourth-order valence-corrected chi connectivity index (χ4v) is 3.81. The van der Waals surface area contributed by atoms with Crippen LogP contribution >= 0.6 is 24.8 Å². The maximum absolute atomic E-state index is 12.9. The summed E-state index contributed by atoms with van der Waals surface area (Å²) in [6.07, 6.45) is 3.29. The third-order valence-electron chi connectivity index (χ3n) is 4.97. The van der Waals surface area contributed by atoms with Crippen molar-refractivity contribution in [2.75, 3.05) is 33.2 Å². The number of likely N-dealkylation sites (tertiary alicyclic amines) is 2. The first-order valence-corrected chi connectivity index (χ1v) is 8.49. The van der Waals surface area contributed by atoms with E-state index in [1.165, 1.54) is 5.56 Å². The summed E-state index contributed by atoms with van der Waals surface area (Å²) in [7, 11) is 1.99. The number of carbonyl (C=O) groups excluding carboxylic acids is 1. The van der Waals surface area contributed by atoms with Crippen LogP contribution in [-0.4, -0.2) is 55.0 Å². The van der Waals surface area contributed by atoms with E-state index in [0.717, 1.165) is 52.0 Å². The molecule has 1 aromatic carbocycles. The maximum Gasteiger partial charge on any atom is 0.239 e. The minimum Gasteiger partial charge on any atom is -0.341 e. The summed E-state index contributed by atoms with van der Waals surface area (Å²) in [5.74, 6) is 0.977. The molecule has 2 fully saturated rings. The molecule has 1 amide bonds. The minimum absolute atomic E-state index is 0. The first kappa shape index (κ1) is 21.2. The highest BCUT2D eigenvalue weighted by molar-refractivity contribution is 5.85. The predicted molar refractivity (Wildman–Crippen MR) is 103 cm³/mol. The van der Waals surface area contributed by atoms with Gasteiger partial charge in [0.15, 0.2) is 0 Å². The molecule has 0 aromatic heterocycles. The van der Waals surface area contributed by atoms with Gasteiger partial charge in [-0.05, 0) is 50.9 Å². The van der Waals surface area contributed by atoms with Gasteiger partial charge in [-0.3, -0.25) is 9.69 Å². The van der Waals surface area contributed by atoms with Gasteiger partial charge in [0.2, 0.25) is 5.91 Å². The van der Waals surface area contributed by atoms with Crippen LogP contribution in [0.15, 0.2) is 30.3 Å². The van der Waals surface area contributed by atoms with Gasteiger partial charge in [0.1, 0.15) is 0 Å². The molecule has 4 nitrogen and oxygen atoms in total. The molecule has 2 heterocycles. The van der Waals surface area contributed by atoms with E-state index in [0.29, 0.717) is 11.8 Å². The van der Waals surface area contributed by atoms with Crippen molar-refractivity contribution in [3.63, 3.8) is 0 Å². The van der Waals surface area contributed by atoms with E-state index in [9.17, 15) is 4.79 Å². The molecule has 0 aliphatic carbocycles. The number of carbonyl (C=O) groups is 1. The SMILES string of the molecule is CNCC1CCN(C(=O)C2CCCN2Cc2ccccc2)C1.Cl.Cl. The topological polar surface area (TPSA) is 35.6 Å². The lowest BCUT2D eigenvalue weighted by atomic mass is 10.1. The van der Waals surface area contributed by atoms with Gasteiger partial charge in [0, 0.05) is 19.6 Å². The third-order valence-corrected chi connectivity index (χ3v) is 4.97.